The zero-order chi connectivity index (χ0) is 9.56. The van der Waals surface area contributed by atoms with Crippen molar-refractivity contribution in [1.82, 2.24) is 0 Å². The molecular weight excluding hydrogens is 150 g/mol. The maximum Gasteiger partial charge on any atom is 0.135 e. The molecule has 0 bridgehead atoms. The molecule has 0 aromatic heterocycles. The smallest absolute Gasteiger partial charge is 0.135 e. The largest absolute Gasteiger partial charge is 0.330 e. The maximum atomic E-state index is 11.2. The van der Waals surface area contributed by atoms with Gasteiger partial charge in [-0.3, -0.25) is 4.79 Å². The zero-order valence-electron chi connectivity index (χ0n) is 8.47. The van der Waals surface area contributed by atoms with Crippen LogP contribution in [0.4, 0.5) is 0 Å². The standard InChI is InChI=1S/C10H21NO/c1-8(2)10(12)5-4-9(3)6-7-11/h8-9H,4-7,11H2,1-3H3. The van der Waals surface area contributed by atoms with Gasteiger partial charge in [0.15, 0.2) is 0 Å². The third-order valence-electron chi connectivity index (χ3n) is 2.19. The van der Waals surface area contributed by atoms with Crippen molar-refractivity contribution in [3.63, 3.8) is 0 Å². The van der Waals surface area contributed by atoms with Crippen LogP contribution in [-0.2, 0) is 4.79 Å². The molecule has 0 aliphatic rings. The lowest BCUT2D eigenvalue weighted by molar-refractivity contribution is -0.122. The van der Waals surface area contributed by atoms with Crippen molar-refractivity contribution in [1.29, 1.82) is 0 Å². The molecule has 12 heavy (non-hydrogen) atoms. The van der Waals surface area contributed by atoms with E-state index in [2.05, 4.69) is 6.92 Å². The van der Waals surface area contributed by atoms with Gasteiger partial charge >= 0.3 is 0 Å². The molecule has 0 aromatic rings. The summed E-state index contributed by atoms with van der Waals surface area (Å²) in [5, 5.41) is 0. The molecule has 2 N–H and O–H groups in total. The van der Waals surface area contributed by atoms with E-state index in [1.54, 1.807) is 0 Å². The molecular formula is C10H21NO. The van der Waals surface area contributed by atoms with Crippen LogP contribution in [0.2, 0.25) is 0 Å². The van der Waals surface area contributed by atoms with Gasteiger partial charge in [0.2, 0.25) is 0 Å². The number of rotatable bonds is 6. The van der Waals surface area contributed by atoms with Crippen molar-refractivity contribution in [2.24, 2.45) is 17.6 Å². The van der Waals surface area contributed by atoms with E-state index in [0.717, 1.165) is 25.8 Å². The molecule has 0 aliphatic carbocycles. The van der Waals surface area contributed by atoms with Crippen LogP contribution in [0.1, 0.15) is 40.0 Å². The van der Waals surface area contributed by atoms with Crippen molar-refractivity contribution in [3.05, 3.63) is 0 Å². The second-order valence-corrected chi connectivity index (χ2v) is 3.84. The molecule has 0 saturated carbocycles. The predicted molar refractivity (Wildman–Crippen MR) is 51.9 cm³/mol. The van der Waals surface area contributed by atoms with E-state index < -0.39 is 0 Å². The second kappa shape index (κ2) is 6.18. The van der Waals surface area contributed by atoms with Gasteiger partial charge in [0, 0.05) is 12.3 Å². The predicted octanol–water partition coefficient (Wildman–Crippen LogP) is 1.98. The summed E-state index contributed by atoms with van der Waals surface area (Å²) in [7, 11) is 0. The highest BCUT2D eigenvalue weighted by atomic mass is 16.1. The Hall–Kier alpha value is -0.370. The minimum absolute atomic E-state index is 0.190. The third kappa shape index (κ3) is 5.30. The van der Waals surface area contributed by atoms with Crippen LogP contribution in [-0.4, -0.2) is 12.3 Å². The molecule has 0 amide bonds. The fourth-order valence-electron chi connectivity index (χ4n) is 1.11. The molecule has 1 unspecified atom stereocenters. The van der Waals surface area contributed by atoms with Gasteiger partial charge in [-0.05, 0) is 25.3 Å². The average Bonchev–Trinajstić information content (AvgIpc) is 2.00. The Morgan fingerprint density at radius 2 is 1.83 bits per heavy atom. The van der Waals surface area contributed by atoms with E-state index in [1.807, 2.05) is 13.8 Å². The first-order valence-corrected chi connectivity index (χ1v) is 4.80. The molecule has 0 heterocycles. The van der Waals surface area contributed by atoms with E-state index in [9.17, 15) is 4.79 Å². The summed E-state index contributed by atoms with van der Waals surface area (Å²) in [6.45, 7) is 6.80. The van der Waals surface area contributed by atoms with E-state index in [-0.39, 0.29) is 5.92 Å². The summed E-state index contributed by atoms with van der Waals surface area (Å²) >= 11 is 0. The Kier molecular flexibility index (Phi) is 5.99. The minimum Gasteiger partial charge on any atom is -0.330 e. The van der Waals surface area contributed by atoms with Crippen LogP contribution in [0.3, 0.4) is 0 Å². The number of hydrogen-bond acceptors (Lipinski definition) is 2. The third-order valence-corrected chi connectivity index (χ3v) is 2.19. The molecule has 2 heteroatoms. The Labute approximate surface area is 75.5 Å². The van der Waals surface area contributed by atoms with Gasteiger partial charge in [-0.25, -0.2) is 0 Å². The second-order valence-electron chi connectivity index (χ2n) is 3.84. The Morgan fingerprint density at radius 3 is 2.25 bits per heavy atom. The summed E-state index contributed by atoms with van der Waals surface area (Å²) in [5.74, 6) is 1.16. The minimum atomic E-state index is 0.190. The van der Waals surface area contributed by atoms with Gasteiger partial charge in [0.25, 0.3) is 0 Å². The van der Waals surface area contributed by atoms with Crippen molar-refractivity contribution < 1.29 is 4.79 Å². The summed E-state index contributed by atoms with van der Waals surface area (Å²) in [5.41, 5.74) is 5.41. The molecule has 0 aliphatic heterocycles. The zero-order valence-corrected chi connectivity index (χ0v) is 8.47. The van der Waals surface area contributed by atoms with Gasteiger partial charge in [0.05, 0.1) is 0 Å². The van der Waals surface area contributed by atoms with Gasteiger partial charge in [0.1, 0.15) is 5.78 Å². The number of carbonyl (C=O) groups excluding carboxylic acids is 1. The van der Waals surface area contributed by atoms with Crippen molar-refractivity contribution >= 4 is 5.78 Å². The monoisotopic (exact) mass is 171 g/mol. The number of hydrogen-bond donors (Lipinski definition) is 1. The number of nitrogens with two attached hydrogens (primary N) is 1. The Bertz CT molecular complexity index is 132. The van der Waals surface area contributed by atoms with Crippen LogP contribution in [0.15, 0.2) is 0 Å². The molecule has 0 aromatic carbocycles. The molecule has 0 spiro atoms. The first-order valence-electron chi connectivity index (χ1n) is 4.80. The average molecular weight is 171 g/mol. The lowest BCUT2D eigenvalue weighted by Crippen LogP contribution is -2.11. The Balaban J connectivity index is 3.47. The van der Waals surface area contributed by atoms with Crippen LogP contribution in [0, 0.1) is 11.8 Å². The topological polar surface area (TPSA) is 43.1 Å². The normalized spacial score (nSPS) is 13.4. The maximum absolute atomic E-state index is 11.2. The van der Waals surface area contributed by atoms with Crippen LogP contribution in [0.25, 0.3) is 0 Å². The van der Waals surface area contributed by atoms with Crippen LogP contribution in [0.5, 0.6) is 0 Å². The lowest BCUT2D eigenvalue weighted by atomic mass is 9.96. The SMILES string of the molecule is CC(CCN)CCC(=O)C(C)C. The summed E-state index contributed by atoms with van der Waals surface area (Å²) in [6.07, 6.45) is 2.75. The first kappa shape index (κ1) is 11.6. The molecule has 72 valence electrons. The quantitative estimate of drug-likeness (QED) is 0.664. The number of ketones is 1. The fourth-order valence-corrected chi connectivity index (χ4v) is 1.11. The highest BCUT2D eigenvalue weighted by molar-refractivity contribution is 5.80. The lowest BCUT2D eigenvalue weighted by Gasteiger charge is -2.09. The molecule has 0 saturated heterocycles. The molecule has 0 fully saturated rings. The van der Waals surface area contributed by atoms with Crippen molar-refractivity contribution in [2.75, 3.05) is 6.54 Å². The summed E-state index contributed by atoms with van der Waals surface area (Å²) < 4.78 is 0. The van der Waals surface area contributed by atoms with Gasteiger partial charge in [-0.15, -0.1) is 0 Å². The van der Waals surface area contributed by atoms with Gasteiger partial charge < -0.3 is 5.73 Å². The molecule has 2 nitrogen and oxygen atoms in total. The van der Waals surface area contributed by atoms with Crippen LogP contribution < -0.4 is 5.73 Å². The van der Waals surface area contributed by atoms with Crippen LogP contribution >= 0.6 is 0 Å². The first-order chi connectivity index (χ1) is 5.57. The van der Waals surface area contributed by atoms with E-state index in [1.165, 1.54) is 0 Å². The summed E-state index contributed by atoms with van der Waals surface area (Å²) in [6, 6.07) is 0. The highest BCUT2D eigenvalue weighted by Crippen LogP contribution is 2.11. The number of carbonyl (C=O) groups is 1. The Morgan fingerprint density at radius 1 is 1.25 bits per heavy atom. The van der Waals surface area contributed by atoms with E-state index >= 15 is 0 Å². The van der Waals surface area contributed by atoms with Crippen molar-refractivity contribution in [3.8, 4) is 0 Å². The highest BCUT2D eigenvalue weighted by Gasteiger charge is 2.09. The van der Waals surface area contributed by atoms with Gasteiger partial charge in [-0.1, -0.05) is 20.8 Å². The molecule has 0 radical (unpaired) electrons. The van der Waals surface area contributed by atoms with Gasteiger partial charge in [-0.2, -0.15) is 0 Å². The number of Topliss-reactive ketones (excluding diaryl/α,β-unsaturated/α-hetero) is 1. The molecule has 0 rings (SSSR count). The van der Waals surface area contributed by atoms with E-state index in [4.69, 9.17) is 5.73 Å². The summed E-state index contributed by atoms with van der Waals surface area (Å²) in [4.78, 5) is 11.2. The van der Waals surface area contributed by atoms with E-state index in [0.29, 0.717) is 11.7 Å². The fraction of sp³-hybridized carbons (Fsp3) is 0.900. The molecule has 1 atom stereocenters. The van der Waals surface area contributed by atoms with Crippen molar-refractivity contribution in [2.45, 2.75) is 40.0 Å².